The molecule has 0 saturated carbocycles. The van der Waals surface area contributed by atoms with Crippen molar-refractivity contribution in [1.82, 2.24) is 5.32 Å². The summed E-state index contributed by atoms with van der Waals surface area (Å²) >= 11 is 1.59. The van der Waals surface area contributed by atoms with Crippen molar-refractivity contribution in [3.05, 3.63) is 48.2 Å². The number of carbonyl (C=O) groups excluding carboxylic acids is 1. The van der Waals surface area contributed by atoms with Crippen molar-refractivity contribution in [3.63, 3.8) is 0 Å². The van der Waals surface area contributed by atoms with Crippen LogP contribution < -0.4 is 5.32 Å². The monoisotopic (exact) mass is 300 g/mol. The van der Waals surface area contributed by atoms with Gasteiger partial charge in [-0.25, -0.2) is 0 Å². The molecule has 1 aliphatic rings. The highest BCUT2D eigenvalue weighted by molar-refractivity contribution is 8.14. The molecule has 1 aromatic heterocycles. The van der Waals surface area contributed by atoms with Gasteiger partial charge in [-0.1, -0.05) is 42.1 Å². The molecule has 1 aromatic carbocycles. The average Bonchev–Trinajstić information content (AvgIpc) is 3.17. The minimum atomic E-state index is -0.0131. The van der Waals surface area contributed by atoms with Gasteiger partial charge in [0.15, 0.2) is 5.17 Å². The van der Waals surface area contributed by atoms with Gasteiger partial charge in [-0.3, -0.25) is 9.79 Å². The van der Waals surface area contributed by atoms with Gasteiger partial charge in [0, 0.05) is 24.2 Å². The Morgan fingerprint density at radius 2 is 2.10 bits per heavy atom. The first-order chi connectivity index (χ1) is 10.3. The summed E-state index contributed by atoms with van der Waals surface area (Å²) in [7, 11) is 0. The third-order valence-electron chi connectivity index (χ3n) is 3.15. The minimum Gasteiger partial charge on any atom is -0.461 e. The number of aliphatic imine (C=N–C) groups is 1. The molecule has 0 radical (unpaired) electrons. The van der Waals surface area contributed by atoms with E-state index in [-0.39, 0.29) is 5.91 Å². The molecule has 0 spiro atoms. The Kier molecular flexibility index (Phi) is 4.40. The van der Waals surface area contributed by atoms with Crippen LogP contribution in [0.15, 0.2) is 51.9 Å². The molecule has 5 heteroatoms. The molecule has 0 atom stereocenters. The highest BCUT2D eigenvalue weighted by Crippen LogP contribution is 2.22. The van der Waals surface area contributed by atoms with Crippen molar-refractivity contribution in [2.75, 3.05) is 12.3 Å². The Bertz CT molecular complexity index is 649. The molecule has 108 valence electrons. The van der Waals surface area contributed by atoms with E-state index in [1.165, 1.54) is 0 Å². The summed E-state index contributed by atoms with van der Waals surface area (Å²) in [5, 5.41) is 3.56. The Labute approximate surface area is 127 Å². The van der Waals surface area contributed by atoms with E-state index in [1.807, 2.05) is 42.5 Å². The quantitative estimate of drug-likeness (QED) is 0.944. The molecule has 1 aliphatic heterocycles. The number of hydrogen-bond acceptors (Lipinski definition) is 4. The zero-order valence-electron chi connectivity index (χ0n) is 11.5. The van der Waals surface area contributed by atoms with Crippen LogP contribution in [0.1, 0.15) is 12.2 Å². The summed E-state index contributed by atoms with van der Waals surface area (Å²) in [6, 6.07) is 13.8. The van der Waals surface area contributed by atoms with Crippen molar-refractivity contribution >= 4 is 22.8 Å². The molecule has 0 aliphatic carbocycles. The first-order valence-electron chi connectivity index (χ1n) is 6.92. The maximum Gasteiger partial charge on any atom is 0.226 e. The Morgan fingerprint density at radius 3 is 2.86 bits per heavy atom. The second kappa shape index (κ2) is 6.63. The number of nitrogens with one attached hydrogen (secondary N) is 1. The average molecular weight is 300 g/mol. The third-order valence-corrected chi connectivity index (χ3v) is 4.04. The largest absolute Gasteiger partial charge is 0.461 e. The Morgan fingerprint density at radius 1 is 1.24 bits per heavy atom. The summed E-state index contributed by atoms with van der Waals surface area (Å²) in [5.41, 5.74) is 1.05. The smallest absolute Gasteiger partial charge is 0.226 e. The first-order valence-corrected chi connectivity index (χ1v) is 7.91. The number of rotatable bonds is 4. The summed E-state index contributed by atoms with van der Waals surface area (Å²) < 4.78 is 5.77. The number of hydrogen-bond donors (Lipinski definition) is 1. The predicted molar refractivity (Wildman–Crippen MR) is 85.4 cm³/mol. The van der Waals surface area contributed by atoms with E-state index in [2.05, 4.69) is 10.3 Å². The molecule has 0 saturated heterocycles. The lowest BCUT2D eigenvalue weighted by Gasteiger charge is -2.02. The molecule has 1 N–H and O–H groups in total. The van der Waals surface area contributed by atoms with Crippen LogP contribution in [0.4, 0.5) is 0 Å². The topological polar surface area (TPSA) is 54.6 Å². The van der Waals surface area contributed by atoms with Gasteiger partial charge in [-0.15, -0.1) is 0 Å². The van der Waals surface area contributed by atoms with Crippen molar-refractivity contribution in [2.24, 2.45) is 4.99 Å². The van der Waals surface area contributed by atoms with Gasteiger partial charge in [0.1, 0.15) is 11.5 Å². The Hall–Kier alpha value is -2.01. The van der Waals surface area contributed by atoms with Crippen LogP contribution in [-0.4, -0.2) is 23.4 Å². The van der Waals surface area contributed by atoms with Gasteiger partial charge in [0.2, 0.25) is 5.91 Å². The number of aryl methyl sites for hydroxylation is 1. The van der Waals surface area contributed by atoms with Crippen molar-refractivity contribution in [3.8, 4) is 11.3 Å². The number of carbonyl (C=O) groups is 1. The van der Waals surface area contributed by atoms with Gasteiger partial charge < -0.3 is 9.73 Å². The second-order valence-corrected chi connectivity index (χ2v) is 5.80. The van der Waals surface area contributed by atoms with Gasteiger partial charge in [0.05, 0.1) is 6.54 Å². The molecule has 0 fully saturated rings. The normalized spacial score (nSPS) is 14.0. The molecule has 0 bridgehead atoms. The van der Waals surface area contributed by atoms with Crippen molar-refractivity contribution < 1.29 is 9.21 Å². The van der Waals surface area contributed by atoms with Crippen LogP contribution >= 0.6 is 11.8 Å². The lowest BCUT2D eigenvalue weighted by Crippen LogP contribution is -2.27. The predicted octanol–water partition coefficient (Wildman–Crippen LogP) is 3.10. The highest BCUT2D eigenvalue weighted by atomic mass is 32.2. The van der Waals surface area contributed by atoms with E-state index in [9.17, 15) is 4.79 Å². The standard InChI is InChI=1S/C16H16N2O2S/c19-15(18-16-17-10-11-21-16)9-7-13-6-8-14(20-13)12-4-2-1-3-5-12/h1-6,8H,7,9-11H2,(H,17,18,19). The number of amides is 1. The van der Waals surface area contributed by atoms with E-state index in [0.29, 0.717) is 12.8 Å². The van der Waals surface area contributed by atoms with Gasteiger partial charge in [0.25, 0.3) is 0 Å². The fraction of sp³-hybridized carbons (Fsp3) is 0.250. The molecule has 4 nitrogen and oxygen atoms in total. The van der Waals surface area contributed by atoms with Crippen LogP contribution in [0.5, 0.6) is 0 Å². The van der Waals surface area contributed by atoms with Crippen LogP contribution in [0, 0.1) is 0 Å². The summed E-state index contributed by atoms with van der Waals surface area (Å²) in [5.74, 6) is 2.60. The zero-order valence-corrected chi connectivity index (χ0v) is 12.4. The lowest BCUT2D eigenvalue weighted by atomic mass is 10.2. The van der Waals surface area contributed by atoms with E-state index in [4.69, 9.17) is 4.42 Å². The number of amidine groups is 1. The molecule has 3 rings (SSSR count). The second-order valence-electron chi connectivity index (χ2n) is 4.72. The molecule has 0 unspecified atom stereocenters. The SMILES string of the molecule is O=C(CCc1ccc(-c2ccccc2)o1)NC1=NCCS1. The van der Waals surface area contributed by atoms with Crippen LogP contribution in [0.25, 0.3) is 11.3 Å². The third kappa shape index (κ3) is 3.76. The van der Waals surface area contributed by atoms with Crippen molar-refractivity contribution in [1.29, 1.82) is 0 Å². The highest BCUT2D eigenvalue weighted by Gasteiger charge is 2.12. The number of furan rings is 1. The molecule has 1 amide bonds. The van der Waals surface area contributed by atoms with Crippen molar-refractivity contribution in [2.45, 2.75) is 12.8 Å². The van der Waals surface area contributed by atoms with Gasteiger partial charge in [-0.2, -0.15) is 0 Å². The number of benzene rings is 1. The molecule has 2 aromatic rings. The lowest BCUT2D eigenvalue weighted by molar-refractivity contribution is -0.119. The summed E-state index contributed by atoms with van der Waals surface area (Å²) in [6.07, 6.45) is 0.998. The van der Waals surface area contributed by atoms with Crippen LogP contribution in [0.3, 0.4) is 0 Å². The summed E-state index contributed by atoms with van der Waals surface area (Å²) in [6.45, 7) is 0.791. The number of nitrogens with zero attached hydrogens (tertiary/aromatic N) is 1. The van der Waals surface area contributed by atoms with Crippen LogP contribution in [0.2, 0.25) is 0 Å². The van der Waals surface area contributed by atoms with E-state index < -0.39 is 0 Å². The van der Waals surface area contributed by atoms with Gasteiger partial charge in [-0.05, 0) is 12.1 Å². The van der Waals surface area contributed by atoms with Gasteiger partial charge >= 0.3 is 0 Å². The number of thioether (sulfide) groups is 1. The summed E-state index contributed by atoms with van der Waals surface area (Å²) in [4.78, 5) is 16.0. The Balaban J connectivity index is 1.54. The fourth-order valence-corrected chi connectivity index (χ4v) is 2.84. The van der Waals surface area contributed by atoms with E-state index >= 15 is 0 Å². The van der Waals surface area contributed by atoms with Crippen LogP contribution in [-0.2, 0) is 11.2 Å². The van der Waals surface area contributed by atoms with E-state index in [0.717, 1.165) is 34.5 Å². The maximum atomic E-state index is 11.8. The molecular weight excluding hydrogens is 284 g/mol. The fourth-order valence-electron chi connectivity index (χ4n) is 2.10. The van der Waals surface area contributed by atoms with E-state index in [1.54, 1.807) is 11.8 Å². The molecule has 21 heavy (non-hydrogen) atoms. The molecule has 2 heterocycles. The zero-order chi connectivity index (χ0) is 14.5. The molecular formula is C16H16N2O2S. The first kappa shape index (κ1) is 13.9. The minimum absolute atomic E-state index is 0.0131. The maximum absolute atomic E-state index is 11.8.